The Morgan fingerprint density at radius 2 is 2.00 bits per heavy atom. The Kier molecular flexibility index (Phi) is 5.20. The van der Waals surface area contributed by atoms with Crippen molar-refractivity contribution in [3.05, 3.63) is 70.7 Å². The molecule has 6 heteroatoms. The Bertz CT molecular complexity index is 901. The normalized spacial score (nSPS) is 10.8. The van der Waals surface area contributed by atoms with Crippen molar-refractivity contribution in [2.75, 3.05) is 12.5 Å². The third-order valence-electron chi connectivity index (χ3n) is 3.52. The molecule has 0 aliphatic rings. The molecule has 5 nitrogen and oxygen atoms in total. The quantitative estimate of drug-likeness (QED) is 0.422. The molecule has 1 N–H and O–H groups in total. The molecule has 0 fully saturated rings. The minimum absolute atomic E-state index is 0.337. The van der Waals surface area contributed by atoms with Crippen LogP contribution in [0.25, 0.3) is 11.1 Å². The van der Waals surface area contributed by atoms with Crippen molar-refractivity contribution in [2.45, 2.75) is 6.92 Å². The Morgan fingerprint density at radius 3 is 2.68 bits per heavy atom. The zero-order chi connectivity index (χ0) is 17.6. The maximum atomic E-state index is 11.5. The summed E-state index contributed by atoms with van der Waals surface area (Å²) < 4.78 is 4.72. The Hall–Kier alpha value is -2.99. The van der Waals surface area contributed by atoms with Gasteiger partial charge in [-0.05, 0) is 41.8 Å². The molecule has 25 heavy (non-hydrogen) atoms. The van der Waals surface area contributed by atoms with E-state index < -0.39 is 0 Å². The number of aromatic nitrogens is 1. The van der Waals surface area contributed by atoms with Crippen molar-refractivity contribution in [3.8, 4) is 11.1 Å². The number of carbonyl (C=O) groups is 1. The number of thiazole rings is 1. The second-order valence-corrected chi connectivity index (χ2v) is 6.22. The van der Waals surface area contributed by atoms with Crippen molar-refractivity contribution >= 4 is 28.7 Å². The number of esters is 1. The first kappa shape index (κ1) is 16.9. The van der Waals surface area contributed by atoms with Crippen LogP contribution in [0.2, 0.25) is 0 Å². The molecule has 1 aromatic heterocycles. The number of nitrogens with one attached hydrogen (secondary N) is 1. The first-order valence-electron chi connectivity index (χ1n) is 7.66. The number of methoxy groups -OCH3 is 1. The first-order chi connectivity index (χ1) is 12.2. The molecule has 0 bridgehead atoms. The number of hydrogen-bond acceptors (Lipinski definition) is 6. The van der Waals surface area contributed by atoms with Crippen LogP contribution in [0.3, 0.4) is 0 Å². The van der Waals surface area contributed by atoms with E-state index in [1.165, 1.54) is 18.4 Å². The summed E-state index contributed by atoms with van der Waals surface area (Å²) in [6, 6.07) is 15.3. The number of rotatable bonds is 5. The van der Waals surface area contributed by atoms with Gasteiger partial charge in [-0.2, -0.15) is 5.10 Å². The zero-order valence-corrected chi connectivity index (χ0v) is 14.7. The van der Waals surface area contributed by atoms with E-state index >= 15 is 0 Å². The minimum atomic E-state index is -0.337. The van der Waals surface area contributed by atoms with Crippen LogP contribution in [-0.2, 0) is 4.74 Å². The van der Waals surface area contributed by atoms with Crippen molar-refractivity contribution in [1.82, 2.24) is 4.98 Å². The molecule has 0 aliphatic carbocycles. The fraction of sp³-hybridized carbons (Fsp3) is 0.105. The number of benzene rings is 2. The van der Waals surface area contributed by atoms with Crippen LogP contribution in [0, 0.1) is 6.92 Å². The lowest BCUT2D eigenvalue weighted by molar-refractivity contribution is 0.0601. The van der Waals surface area contributed by atoms with Crippen LogP contribution >= 0.6 is 11.3 Å². The molecule has 0 spiro atoms. The molecule has 1 heterocycles. The number of nitrogens with zero attached hydrogens (tertiary/aromatic N) is 2. The van der Waals surface area contributed by atoms with Gasteiger partial charge in [0.2, 0.25) is 5.13 Å². The van der Waals surface area contributed by atoms with Gasteiger partial charge in [-0.3, -0.25) is 5.43 Å². The van der Waals surface area contributed by atoms with Crippen LogP contribution in [0.4, 0.5) is 5.13 Å². The molecule has 0 atom stereocenters. The van der Waals surface area contributed by atoms with E-state index in [9.17, 15) is 4.79 Å². The molecule has 0 aliphatic heterocycles. The number of ether oxygens (including phenoxy) is 1. The maximum Gasteiger partial charge on any atom is 0.337 e. The summed E-state index contributed by atoms with van der Waals surface area (Å²) in [6.07, 6.45) is 1.75. The summed E-state index contributed by atoms with van der Waals surface area (Å²) in [4.78, 5) is 15.8. The van der Waals surface area contributed by atoms with E-state index in [4.69, 9.17) is 4.74 Å². The van der Waals surface area contributed by atoms with Crippen LogP contribution in [0.15, 0.2) is 59.0 Å². The van der Waals surface area contributed by atoms with E-state index in [1.807, 2.05) is 48.7 Å². The van der Waals surface area contributed by atoms with E-state index in [0.29, 0.717) is 5.56 Å². The first-order valence-corrected chi connectivity index (χ1v) is 8.54. The van der Waals surface area contributed by atoms with Gasteiger partial charge >= 0.3 is 5.97 Å². The van der Waals surface area contributed by atoms with Crippen molar-refractivity contribution in [1.29, 1.82) is 0 Å². The third-order valence-corrected chi connectivity index (χ3v) is 4.38. The molecule has 3 rings (SSSR count). The van der Waals surface area contributed by atoms with Gasteiger partial charge < -0.3 is 4.74 Å². The van der Waals surface area contributed by atoms with Crippen molar-refractivity contribution < 1.29 is 9.53 Å². The lowest BCUT2D eigenvalue weighted by Crippen LogP contribution is -2.00. The van der Waals surface area contributed by atoms with Gasteiger partial charge in [-0.15, -0.1) is 11.3 Å². The average molecular weight is 351 g/mol. The highest BCUT2D eigenvalue weighted by Crippen LogP contribution is 2.21. The van der Waals surface area contributed by atoms with Crippen LogP contribution in [0.5, 0.6) is 0 Å². The van der Waals surface area contributed by atoms with Gasteiger partial charge in [-0.1, -0.05) is 30.3 Å². The molecule has 126 valence electrons. The lowest BCUT2D eigenvalue weighted by atomic mass is 10.0. The molecule has 3 aromatic rings. The summed E-state index contributed by atoms with van der Waals surface area (Å²) in [7, 11) is 1.38. The third kappa shape index (κ3) is 4.30. The zero-order valence-electron chi connectivity index (χ0n) is 13.9. The largest absolute Gasteiger partial charge is 0.465 e. The molecule has 0 saturated heterocycles. The Morgan fingerprint density at radius 1 is 1.20 bits per heavy atom. The van der Waals surface area contributed by atoms with Gasteiger partial charge in [0.05, 0.1) is 24.6 Å². The van der Waals surface area contributed by atoms with Gasteiger partial charge in [0.25, 0.3) is 0 Å². The van der Waals surface area contributed by atoms with Crippen LogP contribution in [0.1, 0.15) is 21.6 Å². The molecule has 0 amide bonds. The highest BCUT2D eigenvalue weighted by atomic mass is 32.1. The molecule has 0 radical (unpaired) electrons. The van der Waals surface area contributed by atoms with Crippen LogP contribution < -0.4 is 5.43 Å². The summed E-state index contributed by atoms with van der Waals surface area (Å²) >= 11 is 1.52. The van der Waals surface area contributed by atoms with Gasteiger partial charge in [0.15, 0.2) is 0 Å². The highest BCUT2D eigenvalue weighted by molar-refractivity contribution is 7.13. The molecule has 2 aromatic carbocycles. The molecule has 0 saturated carbocycles. The molecule has 0 unspecified atom stereocenters. The fourth-order valence-electron chi connectivity index (χ4n) is 2.28. The Labute approximate surface area is 150 Å². The van der Waals surface area contributed by atoms with E-state index in [0.717, 1.165) is 27.5 Å². The van der Waals surface area contributed by atoms with E-state index in [-0.39, 0.29) is 5.97 Å². The summed E-state index contributed by atoms with van der Waals surface area (Å²) in [5.41, 5.74) is 7.47. The highest BCUT2D eigenvalue weighted by Gasteiger charge is 2.05. The number of hydrazone groups is 1. The smallest absolute Gasteiger partial charge is 0.337 e. The maximum absolute atomic E-state index is 11.5. The van der Waals surface area contributed by atoms with Gasteiger partial charge in [-0.25, -0.2) is 9.78 Å². The number of carbonyl (C=O) groups excluding carboxylic acids is 1. The number of anilines is 1. The molecular formula is C19H17N3O2S. The number of aryl methyl sites for hydroxylation is 1. The van der Waals surface area contributed by atoms with Gasteiger partial charge in [0, 0.05) is 5.38 Å². The monoisotopic (exact) mass is 351 g/mol. The topological polar surface area (TPSA) is 63.6 Å². The summed E-state index contributed by atoms with van der Waals surface area (Å²) in [6.45, 7) is 1.94. The number of hydrogen-bond donors (Lipinski definition) is 1. The average Bonchev–Trinajstić information content (AvgIpc) is 3.06. The second kappa shape index (κ2) is 7.72. The molecular weight excluding hydrogens is 334 g/mol. The second-order valence-electron chi connectivity index (χ2n) is 5.36. The standard InChI is InChI=1S/C19H17N3O2S/c1-13-12-25-19(21-13)22-20-11-14-4-3-5-17(10-14)15-6-8-16(9-7-15)18(23)24-2/h3-12H,1-2H3,(H,21,22). The summed E-state index contributed by atoms with van der Waals surface area (Å²) in [5.74, 6) is -0.337. The lowest BCUT2D eigenvalue weighted by Gasteiger charge is -2.04. The predicted octanol–water partition coefficient (Wildman–Crippen LogP) is 4.35. The van der Waals surface area contributed by atoms with Crippen molar-refractivity contribution in [3.63, 3.8) is 0 Å². The SMILES string of the molecule is COC(=O)c1ccc(-c2cccc(C=NNc3nc(C)cs3)c2)cc1. The van der Waals surface area contributed by atoms with Crippen LogP contribution in [-0.4, -0.2) is 24.3 Å². The van der Waals surface area contributed by atoms with Crippen molar-refractivity contribution in [2.24, 2.45) is 5.10 Å². The minimum Gasteiger partial charge on any atom is -0.465 e. The van der Waals surface area contributed by atoms with E-state index in [1.54, 1.807) is 18.3 Å². The fourth-order valence-corrected chi connectivity index (χ4v) is 2.92. The Balaban J connectivity index is 1.73. The summed E-state index contributed by atoms with van der Waals surface area (Å²) in [5, 5.41) is 6.96. The van der Waals surface area contributed by atoms with E-state index in [2.05, 4.69) is 15.5 Å². The predicted molar refractivity (Wildman–Crippen MR) is 101 cm³/mol. The van der Waals surface area contributed by atoms with Gasteiger partial charge in [0.1, 0.15) is 0 Å².